The number of nitrogens with one attached hydrogen (secondary N) is 1. The van der Waals surface area contributed by atoms with Crippen LogP contribution in [0, 0.1) is 5.92 Å². The fraction of sp³-hybridized carbons (Fsp3) is 0.923. The number of hydrogen-bond acceptors (Lipinski definition) is 3. The van der Waals surface area contributed by atoms with Crippen molar-refractivity contribution in [2.75, 3.05) is 33.9 Å². The van der Waals surface area contributed by atoms with Gasteiger partial charge in [-0.1, -0.05) is 13.3 Å². The molecule has 17 heavy (non-hydrogen) atoms. The highest BCUT2D eigenvalue weighted by Gasteiger charge is 2.18. The van der Waals surface area contributed by atoms with Crippen molar-refractivity contribution >= 4 is 5.91 Å². The molecule has 0 radical (unpaired) electrons. The minimum atomic E-state index is 0.224. The standard InChI is InChI=1S/C13H26N2O2/c1-11(10-17-3)8-13(16)15(2)9-12-6-4-5-7-14-12/h11-12,14H,4-10H2,1-3H3. The molecule has 1 heterocycles. The number of hydrogen-bond donors (Lipinski definition) is 1. The van der Waals surface area contributed by atoms with Gasteiger partial charge in [0.2, 0.25) is 5.91 Å². The average Bonchev–Trinajstić information content (AvgIpc) is 2.30. The van der Waals surface area contributed by atoms with E-state index in [-0.39, 0.29) is 5.91 Å². The summed E-state index contributed by atoms with van der Waals surface area (Å²) in [5.74, 6) is 0.524. The maximum atomic E-state index is 11.9. The number of ether oxygens (including phenoxy) is 1. The summed E-state index contributed by atoms with van der Waals surface area (Å²) >= 11 is 0. The molecule has 1 saturated heterocycles. The third-order valence-electron chi connectivity index (χ3n) is 3.31. The molecule has 1 aliphatic rings. The molecule has 0 aromatic heterocycles. The van der Waals surface area contributed by atoms with Crippen LogP contribution in [0.25, 0.3) is 0 Å². The van der Waals surface area contributed by atoms with E-state index in [0.717, 1.165) is 13.1 Å². The Morgan fingerprint density at radius 2 is 2.29 bits per heavy atom. The average molecular weight is 242 g/mol. The summed E-state index contributed by atoms with van der Waals surface area (Å²) in [6.07, 6.45) is 4.31. The Kier molecular flexibility index (Phi) is 6.52. The molecule has 4 nitrogen and oxygen atoms in total. The fourth-order valence-corrected chi connectivity index (χ4v) is 2.31. The molecule has 0 aromatic rings. The maximum absolute atomic E-state index is 11.9. The van der Waals surface area contributed by atoms with Crippen LogP contribution in [0.5, 0.6) is 0 Å². The molecule has 1 aliphatic heterocycles. The van der Waals surface area contributed by atoms with E-state index in [1.807, 2.05) is 18.9 Å². The Hall–Kier alpha value is -0.610. The lowest BCUT2D eigenvalue weighted by atomic mass is 10.0. The zero-order chi connectivity index (χ0) is 12.7. The van der Waals surface area contributed by atoms with Crippen molar-refractivity contribution < 1.29 is 9.53 Å². The highest BCUT2D eigenvalue weighted by Crippen LogP contribution is 2.10. The molecule has 2 unspecified atom stereocenters. The minimum Gasteiger partial charge on any atom is -0.384 e. The number of methoxy groups -OCH3 is 1. The number of piperidine rings is 1. The molecule has 2 atom stereocenters. The number of nitrogens with zero attached hydrogens (tertiary/aromatic N) is 1. The van der Waals surface area contributed by atoms with Gasteiger partial charge in [0.1, 0.15) is 0 Å². The largest absolute Gasteiger partial charge is 0.384 e. The smallest absolute Gasteiger partial charge is 0.222 e. The molecular weight excluding hydrogens is 216 g/mol. The lowest BCUT2D eigenvalue weighted by molar-refractivity contribution is -0.131. The second kappa shape index (κ2) is 7.67. The quantitative estimate of drug-likeness (QED) is 0.762. The highest BCUT2D eigenvalue weighted by molar-refractivity contribution is 5.76. The van der Waals surface area contributed by atoms with Crippen LogP contribution in [0.1, 0.15) is 32.6 Å². The Morgan fingerprint density at radius 1 is 1.53 bits per heavy atom. The second-order valence-electron chi connectivity index (χ2n) is 5.19. The van der Waals surface area contributed by atoms with Crippen LogP contribution in [0.15, 0.2) is 0 Å². The number of likely N-dealkylation sites (N-methyl/N-ethyl adjacent to an activating group) is 1. The zero-order valence-corrected chi connectivity index (χ0v) is 11.4. The van der Waals surface area contributed by atoms with E-state index in [9.17, 15) is 4.79 Å². The van der Waals surface area contributed by atoms with Gasteiger partial charge in [-0.05, 0) is 25.3 Å². The van der Waals surface area contributed by atoms with Gasteiger partial charge >= 0.3 is 0 Å². The van der Waals surface area contributed by atoms with Gasteiger partial charge in [-0.25, -0.2) is 0 Å². The third-order valence-corrected chi connectivity index (χ3v) is 3.31. The van der Waals surface area contributed by atoms with E-state index < -0.39 is 0 Å². The van der Waals surface area contributed by atoms with Crippen molar-refractivity contribution in [3.63, 3.8) is 0 Å². The van der Waals surface area contributed by atoms with Gasteiger partial charge in [0.25, 0.3) is 0 Å². The number of carbonyl (C=O) groups is 1. The monoisotopic (exact) mass is 242 g/mol. The van der Waals surface area contributed by atoms with Gasteiger partial charge in [0.05, 0.1) is 0 Å². The lowest BCUT2D eigenvalue weighted by Crippen LogP contribution is -2.44. The van der Waals surface area contributed by atoms with Crippen molar-refractivity contribution in [2.45, 2.75) is 38.6 Å². The van der Waals surface area contributed by atoms with Crippen molar-refractivity contribution in [3.05, 3.63) is 0 Å². The molecule has 0 saturated carbocycles. The predicted octanol–water partition coefficient (Wildman–Crippen LogP) is 1.26. The Morgan fingerprint density at radius 3 is 2.88 bits per heavy atom. The van der Waals surface area contributed by atoms with E-state index >= 15 is 0 Å². The van der Waals surface area contributed by atoms with Crippen LogP contribution >= 0.6 is 0 Å². The van der Waals surface area contributed by atoms with Gasteiger partial charge in [-0.15, -0.1) is 0 Å². The minimum absolute atomic E-state index is 0.224. The number of rotatable bonds is 6. The van der Waals surface area contributed by atoms with Crippen molar-refractivity contribution in [1.82, 2.24) is 10.2 Å². The van der Waals surface area contributed by atoms with E-state index in [0.29, 0.717) is 25.0 Å². The Balaban J connectivity index is 2.25. The van der Waals surface area contributed by atoms with Crippen molar-refractivity contribution in [3.8, 4) is 0 Å². The first-order valence-electron chi connectivity index (χ1n) is 6.59. The van der Waals surface area contributed by atoms with E-state index in [4.69, 9.17) is 4.74 Å². The van der Waals surface area contributed by atoms with Gasteiger partial charge in [0.15, 0.2) is 0 Å². The molecule has 1 fully saturated rings. The SMILES string of the molecule is COCC(C)CC(=O)N(C)CC1CCCCN1. The Bertz CT molecular complexity index is 227. The van der Waals surface area contributed by atoms with E-state index in [1.165, 1.54) is 19.3 Å². The van der Waals surface area contributed by atoms with Gasteiger partial charge in [-0.2, -0.15) is 0 Å². The van der Waals surface area contributed by atoms with Crippen LogP contribution in [-0.2, 0) is 9.53 Å². The van der Waals surface area contributed by atoms with Gasteiger partial charge in [-0.3, -0.25) is 4.79 Å². The Labute approximate surface area is 105 Å². The molecule has 1 rings (SSSR count). The number of carbonyl (C=O) groups excluding carboxylic acids is 1. The van der Waals surface area contributed by atoms with E-state index in [1.54, 1.807) is 7.11 Å². The summed E-state index contributed by atoms with van der Waals surface area (Å²) in [5.41, 5.74) is 0. The van der Waals surface area contributed by atoms with Gasteiger partial charge in [0, 0.05) is 39.8 Å². The molecule has 1 N–H and O–H groups in total. The van der Waals surface area contributed by atoms with Crippen LogP contribution in [0.3, 0.4) is 0 Å². The van der Waals surface area contributed by atoms with Crippen molar-refractivity contribution in [2.24, 2.45) is 5.92 Å². The molecular formula is C13H26N2O2. The van der Waals surface area contributed by atoms with Gasteiger partial charge < -0.3 is 15.0 Å². The summed E-state index contributed by atoms with van der Waals surface area (Å²) in [4.78, 5) is 13.8. The normalized spacial score (nSPS) is 22.2. The topological polar surface area (TPSA) is 41.6 Å². The first-order chi connectivity index (χ1) is 8.13. The second-order valence-corrected chi connectivity index (χ2v) is 5.19. The van der Waals surface area contributed by atoms with Crippen LogP contribution < -0.4 is 5.32 Å². The summed E-state index contributed by atoms with van der Waals surface area (Å²) < 4.78 is 5.05. The molecule has 0 spiro atoms. The number of amides is 1. The van der Waals surface area contributed by atoms with Crippen molar-refractivity contribution in [1.29, 1.82) is 0 Å². The highest BCUT2D eigenvalue weighted by atomic mass is 16.5. The first-order valence-corrected chi connectivity index (χ1v) is 6.59. The first kappa shape index (κ1) is 14.5. The molecule has 0 aromatic carbocycles. The zero-order valence-electron chi connectivity index (χ0n) is 11.4. The summed E-state index contributed by atoms with van der Waals surface area (Å²) in [7, 11) is 3.58. The molecule has 4 heteroatoms. The van der Waals surface area contributed by atoms with Crippen LogP contribution in [0.2, 0.25) is 0 Å². The summed E-state index contributed by atoms with van der Waals surface area (Å²) in [6, 6.07) is 0.482. The molecule has 100 valence electrons. The predicted molar refractivity (Wildman–Crippen MR) is 68.9 cm³/mol. The molecule has 1 amide bonds. The third kappa shape index (κ3) is 5.50. The maximum Gasteiger partial charge on any atom is 0.222 e. The molecule has 0 bridgehead atoms. The summed E-state index contributed by atoms with van der Waals surface area (Å²) in [6.45, 7) is 4.63. The lowest BCUT2D eigenvalue weighted by Gasteiger charge is -2.28. The van der Waals surface area contributed by atoms with Crippen LogP contribution in [0.4, 0.5) is 0 Å². The van der Waals surface area contributed by atoms with Crippen LogP contribution in [-0.4, -0.2) is 50.7 Å². The fourth-order valence-electron chi connectivity index (χ4n) is 2.31. The summed E-state index contributed by atoms with van der Waals surface area (Å²) in [5, 5.41) is 3.46. The van der Waals surface area contributed by atoms with E-state index in [2.05, 4.69) is 5.32 Å². The molecule has 0 aliphatic carbocycles.